The van der Waals surface area contributed by atoms with Crippen LogP contribution in [0.2, 0.25) is 5.22 Å². The van der Waals surface area contributed by atoms with Gasteiger partial charge in [0.05, 0.1) is 12.9 Å². The number of benzene rings is 1. The predicted molar refractivity (Wildman–Crippen MR) is 78.8 cm³/mol. The molecule has 1 N–H and O–H groups in total. The van der Waals surface area contributed by atoms with Crippen LogP contribution in [0.5, 0.6) is 0 Å². The van der Waals surface area contributed by atoms with E-state index < -0.39 is 0 Å². The average molecular weight is 288 g/mol. The van der Waals surface area contributed by atoms with E-state index in [9.17, 15) is 0 Å². The molecule has 4 nitrogen and oxygen atoms in total. The molecule has 0 fully saturated rings. The van der Waals surface area contributed by atoms with Gasteiger partial charge in [-0.2, -0.15) is 0 Å². The lowest BCUT2D eigenvalue weighted by atomic mass is 10.2. The number of nitrogens with zero attached hydrogens (tertiary/aromatic N) is 2. The molecule has 3 aromatic rings. The number of nitrogens with one attached hydrogen (secondary N) is 1. The number of furan rings is 1. The van der Waals surface area contributed by atoms with Crippen LogP contribution in [-0.4, -0.2) is 9.55 Å². The molecule has 102 valence electrons. The molecule has 0 bridgehead atoms. The van der Waals surface area contributed by atoms with Gasteiger partial charge in [-0.15, -0.1) is 0 Å². The molecule has 0 saturated carbocycles. The molecule has 0 aliphatic heterocycles. The van der Waals surface area contributed by atoms with Crippen molar-refractivity contribution in [3.05, 3.63) is 71.7 Å². The van der Waals surface area contributed by atoms with Crippen molar-refractivity contribution in [2.75, 3.05) is 5.32 Å². The fraction of sp³-hybridized carbons (Fsp3) is 0.133. The largest absolute Gasteiger partial charge is 0.448 e. The molecule has 0 amide bonds. The highest BCUT2D eigenvalue weighted by Gasteiger charge is 2.01. The highest BCUT2D eigenvalue weighted by Crippen LogP contribution is 2.16. The summed E-state index contributed by atoms with van der Waals surface area (Å²) in [6, 6.07) is 11.9. The summed E-state index contributed by atoms with van der Waals surface area (Å²) in [6.07, 6.45) is 5.54. The molecule has 0 atom stereocenters. The topological polar surface area (TPSA) is 43.0 Å². The van der Waals surface area contributed by atoms with Crippen molar-refractivity contribution in [1.29, 1.82) is 0 Å². The first kappa shape index (κ1) is 12.8. The first-order chi connectivity index (χ1) is 9.79. The van der Waals surface area contributed by atoms with Crippen molar-refractivity contribution >= 4 is 17.3 Å². The van der Waals surface area contributed by atoms with Gasteiger partial charge >= 0.3 is 0 Å². The fourth-order valence-corrected chi connectivity index (χ4v) is 2.17. The Morgan fingerprint density at radius 2 is 2.20 bits per heavy atom. The summed E-state index contributed by atoms with van der Waals surface area (Å²) in [5, 5.41) is 3.73. The Morgan fingerprint density at radius 3 is 2.95 bits per heavy atom. The molecule has 0 spiro atoms. The van der Waals surface area contributed by atoms with E-state index in [0.717, 1.165) is 18.0 Å². The van der Waals surface area contributed by atoms with Crippen LogP contribution in [0.25, 0.3) is 0 Å². The molecule has 0 aliphatic rings. The van der Waals surface area contributed by atoms with Gasteiger partial charge in [0.1, 0.15) is 5.76 Å². The Balaban J connectivity index is 1.65. The third-order valence-corrected chi connectivity index (χ3v) is 3.15. The first-order valence-electron chi connectivity index (χ1n) is 6.32. The zero-order chi connectivity index (χ0) is 13.8. The highest BCUT2D eigenvalue weighted by molar-refractivity contribution is 6.28. The Kier molecular flexibility index (Phi) is 3.74. The number of hydrogen-bond donors (Lipinski definition) is 1. The van der Waals surface area contributed by atoms with Crippen LogP contribution in [0.1, 0.15) is 11.3 Å². The minimum atomic E-state index is 0.413. The Morgan fingerprint density at radius 1 is 1.25 bits per heavy atom. The molecule has 0 unspecified atom stereocenters. The van der Waals surface area contributed by atoms with E-state index in [1.807, 2.05) is 35.3 Å². The Hall–Kier alpha value is -2.20. The van der Waals surface area contributed by atoms with Crippen LogP contribution < -0.4 is 5.32 Å². The maximum absolute atomic E-state index is 5.74. The molecule has 2 aromatic heterocycles. The summed E-state index contributed by atoms with van der Waals surface area (Å²) in [5.41, 5.74) is 2.26. The summed E-state index contributed by atoms with van der Waals surface area (Å²) in [4.78, 5) is 4.04. The van der Waals surface area contributed by atoms with Crippen molar-refractivity contribution in [3.63, 3.8) is 0 Å². The van der Waals surface area contributed by atoms with Gasteiger partial charge in [-0.25, -0.2) is 4.98 Å². The van der Waals surface area contributed by atoms with Crippen molar-refractivity contribution < 1.29 is 4.42 Å². The molecular formula is C15H14ClN3O. The van der Waals surface area contributed by atoms with Crippen molar-refractivity contribution in [1.82, 2.24) is 9.55 Å². The van der Waals surface area contributed by atoms with E-state index in [4.69, 9.17) is 16.0 Å². The van der Waals surface area contributed by atoms with Gasteiger partial charge in [0, 0.05) is 24.6 Å². The summed E-state index contributed by atoms with van der Waals surface area (Å²) >= 11 is 5.74. The van der Waals surface area contributed by atoms with E-state index in [-0.39, 0.29) is 0 Å². The average Bonchev–Trinajstić information content (AvgIpc) is 3.09. The fourth-order valence-electron chi connectivity index (χ4n) is 2.01. The second kappa shape index (κ2) is 5.84. The minimum absolute atomic E-state index is 0.413. The van der Waals surface area contributed by atoms with Crippen LogP contribution in [0.15, 0.2) is 59.5 Å². The zero-order valence-electron chi connectivity index (χ0n) is 10.8. The van der Waals surface area contributed by atoms with Crippen LogP contribution in [0, 0.1) is 0 Å². The van der Waals surface area contributed by atoms with E-state index in [0.29, 0.717) is 11.8 Å². The molecule has 0 radical (unpaired) electrons. The van der Waals surface area contributed by atoms with Crippen molar-refractivity contribution in [2.45, 2.75) is 13.1 Å². The second-order valence-corrected chi connectivity index (χ2v) is 4.87. The molecule has 2 heterocycles. The quantitative estimate of drug-likeness (QED) is 0.776. The van der Waals surface area contributed by atoms with E-state index in [1.54, 1.807) is 12.3 Å². The number of halogens is 1. The van der Waals surface area contributed by atoms with Crippen LogP contribution >= 0.6 is 11.6 Å². The number of rotatable bonds is 5. The van der Waals surface area contributed by atoms with Gasteiger partial charge in [0.2, 0.25) is 0 Å². The number of hydrogen-bond acceptors (Lipinski definition) is 3. The number of aromatic nitrogens is 2. The molecule has 0 aliphatic carbocycles. The summed E-state index contributed by atoms with van der Waals surface area (Å²) < 4.78 is 7.34. The van der Waals surface area contributed by atoms with E-state index in [2.05, 4.69) is 22.4 Å². The summed E-state index contributed by atoms with van der Waals surface area (Å²) in [5.74, 6) is 0.815. The number of imidazole rings is 1. The summed E-state index contributed by atoms with van der Waals surface area (Å²) in [6.45, 7) is 1.42. The van der Waals surface area contributed by atoms with Gasteiger partial charge in [0.15, 0.2) is 5.22 Å². The molecule has 0 saturated heterocycles. The first-order valence-corrected chi connectivity index (χ1v) is 6.70. The Labute approximate surface area is 122 Å². The normalized spacial score (nSPS) is 10.7. The molecule has 20 heavy (non-hydrogen) atoms. The Bertz CT molecular complexity index is 676. The predicted octanol–water partition coefficient (Wildman–Crippen LogP) is 3.79. The third kappa shape index (κ3) is 3.22. The maximum atomic E-state index is 5.74. The number of anilines is 1. The lowest BCUT2D eigenvalue weighted by Crippen LogP contribution is -2.00. The van der Waals surface area contributed by atoms with Crippen LogP contribution in [0.4, 0.5) is 5.69 Å². The van der Waals surface area contributed by atoms with Gasteiger partial charge in [-0.1, -0.05) is 12.1 Å². The van der Waals surface area contributed by atoms with Crippen LogP contribution in [0.3, 0.4) is 0 Å². The van der Waals surface area contributed by atoms with E-state index in [1.165, 1.54) is 5.56 Å². The highest BCUT2D eigenvalue weighted by atomic mass is 35.5. The lowest BCUT2D eigenvalue weighted by Gasteiger charge is -2.07. The van der Waals surface area contributed by atoms with Crippen molar-refractivity contribution in [2.24, 2.45) is 0 Å². The monoisotopic (exact) mass is 287 g/mol. The maximum Gasteiger partial charge on any atom is 0.193 e. The zero-order valence-corrected chi connectivity index (χ0v) is 11.5. The van der Waals surface area contributed by atoms with Gasteiger partial charge in [0.25, 0.3) is 0 Å². The van der Waals surface area contributed by atoms with E-state index >= 15 is 0 Å². The molecule has 3 rings (SSSR count). The SMILES string of the molecule is Clc1ccc(CNc2cccc(Cn3ccnc3)c2)o1. The van der Waals surface area contributed by atoms with Gasteiger partial charge in [-0.05, 0) is 41.4 Å². The van der Waals surface area contributed by atoms with Crippen LogP contribution in [-0.2, 0) is 13.1 Å². The van der Waals surface area contributed by atoms with Gasteiger partial charge in [-0.3, -0.25) is 0 Å². The third-order valence-electron chi connectivity index (χ3n) is 2.95. The summed E-state index contributed by atoms with van der Waals surface area (Å²) in [7, 11) is 0. The lowest BCUT2D eigenvalue weighted by molar-refractivity contribution is 0.520. The molecule has 5 heteroatoms. The molecular weight excluding hydrogens is 274 g/mol. The standard InChI is InChI=1S/C15H14ClN3O/c16-15-5-4-14(20-15)9-18-13-3-1-2-12(8-13)10-19-7-6-17-11-19/h1-8,11,18H,9-10H2. The minimum Gasteiger partial charge on any atom is -0.448 e. The second-order valence-electron chi connectivity index (χ2n) is 4.49. The van der Waals surface area contributed by atoms with Gasteiger partial charge < -0.3 is 14.3 Å². The smallest absolute Gasteiger partial charge is 0.193 e. The molecule has 1 aromatic carbocycles. The van der Waals surface area contributed by atoms with Crippen molar-refractivity contribution in [3.8, 4) is 0 Å².